The Hall–Kier alpha value is -5.69. The van der Waals surface area contributed by atoms with Gasteiger partial charge in [-0.1, -0.05) is 23.8 Å². The van der Waals surface area contributed by atoms with Gasteiger partial charge >= 0.3 is 11.4 Å². The molecule has 0 radical (unpaired) electrons. The summed E-state index contributed by atoms with van der Waals surface area (Å²) in [6.07, 6.45) is 0.332. The summed E-state index contributed by atoms with van der Waals surface area (Å²) in [6, 6.07) is 4.31. The number of benzene rings is 3. The van der Waals surface area contributed by atoms with Crippen LogP contribution in [0.1, 0.15) is 35.4 Å². The Bertz CT molecular complexity index is 2400. The predicted molar refractivity (Wildman–Crippen MR) is 191 cm³/mol. The van der Waals surface area contributed by atoms with Gasteiger partial charge in [-0.25, -0.2) is 31.8 Å². The summed E-state index contributed by atoms with van der Waals surface area (Å²) in [5.41, 5.74) is -3.96. The summed E-state index contributed by atoms with van der Waals surface area (Å²) in [5, 5.41) is 34.8. The highest BCUT2D eigenvalue weighted by Gasteiger charge is 2.77. The second-order valence-electron chi connectivity index (χ2n) is 14.4. The van der Waals surface area contributed by atoms with Crippen LogP contribution >= 0.6 is 23.2 Å². The maximum absolute atomic E-state index is 15.3. The fraction of sp³-hybridized carbons (Fsp3) is 0.333. The first-order valence-corrected chi connectivity index (χ1v) is 17.6. The van der Waals surface area contributed by atoms with Crippen LogP contribution < -0.4 is 14.7 Å². The number of rotatable bonds is 6. The number of amides is 4. The highest BCUT2D eigenvalue weighted by molar-refractivity contribution is 6.58. The zero-order valence-corrected chi connectivity index (χ0v) is 31.2. The number of phenolic OH excluding ortho intramolecular Hbond substituents is 1. The van der Waals surface area contributed by atoms with Crippen LogP contribution in [0.5, 0.6) is 5.75 Å². The maximum atomic E-state index is 15.3. The van der Waals surface area contributed by atoms with E-state index < -0.39 is 131 Å². The molecule has 3 aromatic carbocycles. The van der Waals surface area contributed by atoms with E-state index in [-0.39, 0.29) is 39.3 Å². The minimum Gasteiger partial charge on any atom is -0.507 e. The van der Waals surface area contributed by atoms with Gasteiger partial charge in [-0.15, -0.1) is 23.2 Å². The van der Waals surface area contributed by atoms with E-state index >= 15 is 8.78 Å². The molecular weight excluding hydrogens is 812 g/mol. The molecule has 6 atom stereocenters. The van der Waals surface area contributed by atoms with Crippen molar-refractivity contribution in [2.24, 2.45) is 17.8 Å². The fourth-order valence-corrected chi connectivity index (χ4v) is 9.74. The lowest BCUT2D eigenvalue weighted by Crippen LogP contribution is -2.60. The average Bonchev–Trinajstić information content (AvgIpc) is 3.49. The third kappa shape index (κ3) is 5.13. The molecule has 0 spiro atoms. The number of nitro groups is 2. The molecule has 0 aromatic heterocycles. The average molecular weight is 839 g/mol. The lowest BCUT2D eigenvalue weighted by atomic mass is 9.56. The number of fused-ring (bicyclic) bond motifs is 4. The Morgan fingerprint density at radius 1 is 0.789 bits per heavy atom. The topological polar surface area (TPSA) is 185 Å². The van der Waals surface area contributed by atoms with Gasteiger partial charge in [0.05, 0.1) is 27.4 Å². The molecule has 2 aliphatic heterocycles. The number of nitrogens with zero attached hydrogens (tertiary/aromatic N) is 5. The second kappa shape index (κ2) is 12.9. The summed E-state index contributed by atoms with van der Waals surface area (Å²) in [6.45, 7) is 2.93. The van der Waals surface area contributed by atoms with Gasteiger partial charge in [-0.3, -0.25) is 39.4 Å². The van der Waals surface area contributed by atoms with Gasteiger partial charge in [-0.2, -0.15) is 0 Å². The number of alkyl halides is 2. The predicted octanol–water partition coefficient (Wildman–Crippen LogP) is 6.35. The van der Waals surface area contributed by atoms with Crippen LogP contribution in [-0.4, -0.2) is 62.4 Å². The lowest BCUT2D eigenvalue weighted by molar-refractivity contribution is -0.392. The van der Waals surface area contributed by atoms with E-state index in [9.17, 15) is 57.7 Å². The molecular formula is C36H26Cl2F5N5O9. The minimum atomic E-state index is -2.83. The lowest BCUT2D eigenvalue weighted by Gasteiger charge is -2.50. The zero-order valence-electron chi connectivity index (χ0n) is 29.7. The minimum absolute atomic E-state index is 0.0665. The normalized spacial score (nSPS) is 26.7. The van der Waals surface area contributed by atoms with E-state index in [1.807, 2.05) is 0 Å². The van der Waals surface area contributed by atoms with Crippen LogP contribution in [-0.2, 0) is 19.2 Å². The molecule has 0 unspecified atom stereocenters. The van der Waals surface area contributed by atoms with Gasteiger partial charge < -0.3 is 10.0 Å². The number of aromatic hydroxyl groups is 1. The summed E-state index contributed by atoms with van der Waals surface area (Å²) < 4.78 is 73.8. The molecule has 0 bridgehead atoms. The van der Waals surface area contributed by atoms with Crippen molar-refractivity contribution in [3.8, 4) is 5.75 Å². The molecule has 57 heavy (non-hydrogen) atoms. The summed E-state index contributed by atoms with van der Waals surface area (Å²) >= 11 is 14.3. The number of carbonyl (C=O) groups is 4. The van der Waals surface area contributed by atoms with E-state index in [0.29, 0.717) is 4.90 Å². The van der Waals surface area contributed by atoms with Crippen LogP contribution in [0.3, 0.4) is 0 Å². The van der Waals surface area contributed by atoms with Gasteiger partial charge in [0, 0.05) is 32.1 Å². The number of nitro benzene ring substituents is 2. The van der Waals surface area contributed by atoms with Crippen molar-refractivity contribution in [2.45, 2.75) is 42.4 Å². The number of phenols is 1. The molecule has 3 aromatic rings. The molecule has 4 amide bonds. The molecule has 2 saturated heterocycles. The molecule has 1 N–H and O–H groups in total. The number of aryl methyl sites for hydroxylation is 2. The van der Waals surface area contributed by atoms with Gasteiger partial charge in [-0.05, 0) is 49.3 Å². The first-order valence-electron chi connectivity index (χ1n) is 16.8. The molecule has 1 saturated carbocycles. The Balaban J connectivity index is 1.43. The van der Waals surface area contributed by atoms with Crippen molar-refractivity contribution >= 4 is 75.3 Å². The molecule has 2 aliphatic carbocycles. The largest absolute Gasteiger partial charge is 0.507 e. The summed E-state index contributed by atoms with van der Waals surface area (Å²) in [4.78, 5) is 75.6. The van der Waals surface area contributed by atoms with E-state index in [4.69, 9.17) is 23.2 Å². The molecule has 2 heterocycles. The van der Waals surface area contributed by atoms with E-state index in [0.717, 1.165) is 17.0 Å². The monoisotopic (exact) mass is 837 g/mol. The number of hydrogen-bond donors (Lipinski definition) is 1. The molecule has 21 heteroatoms. The van der Waals surface area contributed by atoms with Crippen molar-refractivity contribution in [3.63, 3.8) is 0 Å². The Morgan fingerprint density at radius 2 is 1.30 bits per heavy atom. The number of hydrogen-bond acceptors (Lipinski definition) is 10. The summed E-state index contributed by atoms with van der Waals surface area (Å²) in [7, 11) is 2.61. The smallest absolute Gasteiger partial charge is 0.301 e. The third-order valence-electron chi connectivity index (χ3n) is 11.2. The highest BCUT2D eigenvalue weighted by atomic mass is 35.5. The first kappa shape index (κ1) is 39.5. The van der Waals surface area contributed by atoms with Gasteiger partial charge in [0.15, 0.2) is 38.7 Å². The van der Waals surface area contributed by atoms with Crippen molar-refractivity contribution in [1.29, 1.82) is 0 Å². The van der Waals surface area contributed by atoms with E-state index in [1.54, 1.807) is 0 Å². The number of halogens is 7. The standard InChI is InChI=1S/C36H26Cl2F5N5O9/c1-12-7-14(8-13(2)30(12)49)22-16-5-6-17-21(32(51)45(31(17)50)15-9-19(47(54)55)28(44(3)4)20(10-15)48(56)57)18(16)11-35(37)33(52)46(34(53)36(22,35)38)29-26(42)24(40)23(39)25(41)27(29)43/h5,7-10,17-18,21-22,49H,6,11H2,1-4H3/t17-,18+,21-,22-,35+,36-/m0/s1. The highest BCUT2D eigenvalue weighted by Crippen LogP contribution is 2.66. The van der Waals surface area contributed by atoms with Crippen molar-refractivity contribution in [2.75, 3.05) is 28.8 Å². The number of carbonyl (C=O) groups excluding carboxylic acids is 4. The van der Waals surface area contributed by atoms with Gasteiger partial charge in [0.2, 0.25) is 17.6 Å². The van der Waals surface area contributed by atoms with Crippen LogP contribution in [0.2, 0.25) is 0 Å². The van der Waals surface area contributed by atoms with Crippen molar-refractivity contribution in [3.05, 3.63) is 102 Å². The molecule has 4 aliphatic rings. The van der Waals surface area contributed by atoms with Crippen LogP contribution in [0.4, 0.5) is 50.4 Å². The van der Waals surface area contributed by atoms with Crippen LogP contribution in [0.25, 0.3) is 0 Å². The molecule has 3 fully saturated rings. The Labute approximate surface area is 327 Å². The van der Waals surface area contributed by atoms with Crippen molar-refractivity contribution < 1.29 is 56.1 Å². The number of anilines is 3. The maximum Gasteiger partial charge on any atom is 0.301 e. The molecule has 14 nitrogen and oxygen atoms in total. The van der Waals surface area contributed by atoms with E-state index in [2.05, 4.69) is 0 Å². The fourth-order valence-electron chi connectivity index (χ4n) is 8.81. The third-order valence-corrected chi connectivity index (χ3v) is 12.6. The molecule has 298 valence electrons. The van der Waals surface area contributed by atoms with Crippen LogP contribution in [0, 0.1) is 80.9 Å². The quantitative estimate of drug-likeness (QED) is 0.0429. The van der Waals surface area contributed by atoms with Gasteiger partial charge in [0.25, 0.3) is 11.8 Å². The van der Waals surface area contributed by atoms with E-state index in [1.165, 1.54) is 46.2 Å². The summed E-state index contributed by atoms with van der Waals surface area (Å²) in [5.74, 6) is -24.0. The Kier molecular flexibility index (Phi) is 8.96. The molecule has 7 rings (SSSR count). The second-order valence-corrected chi connectivity index (χ2v) is 15.7. The SMILES string of the molecule is Cc1cc([C@H]2C3=CC[C@@H]4C(=O)N(c5cc([N+](=O)[O-])c(N(C)C)c([N+](=O)[O-])c5)C(=O)[C@@H]4[C@@H]3C[C@@]3(Cl)C(=O)N(c4c(F)c(F)c(F)c(F)c4F)C(=O)[C@@]23Cl)cc(C)c1O. The van der Waals surface area contributed by atoms with Crippen molar-refractivity contribution in [1.82, 2.24) is 0 Å². The zero-order chi connectivity index (χ0) is 42.1. The first-order chi connectivity index (χ1) is 26.5. The Morgan fingerprint density at radius 3 is 1.79 bits per heavy atom. The van der Waals surface area contributed by atoms with Crippen LogP contribution in [0.15, 0.2) is 35.9 Å². The van der Waals surface area contributed by atoms with Gasteiger partial charge in [0.1, 0.15) is 11.4 Å². The number of allylic oxidation sites excluding steroid dienone is 2. The number of imide groups is 2.